The zero-order chi connectivity index (χ0) is 11.5. The molecule has 0 aliphatic heterocycles. The van der Waals surface area contributed by atoms with Crippen LogP contribution in [0.4, 0.5) is 0 Å². The summed E-state index contributed by atoms with van der Waals surface area (Å²) in [6, 6.07) is 0. The molecule has 3 heteroatoms. The summed E-state index contributed by atoms with van der Waals surface area (Å²) < 4.78 is 5.17. The Morgan fingerprint density at radius 1 is 1.40 bits per heavy atom. The molecule has 0 saturated heterocycles. The van der Waals surface area contributed by atoms with Gasteiger partial charge in [-0.3, -0.25) is 4.79 Å². The fourth-order valence-corrected chi connectivity index (χ4v) is 2.95. The Kier molecular flexibility index (Phi) is 4.14. The van der Waals surface area contributed by atoms with Gasteiger partial charge in [0.05, 0.1) is 12.0 Å². The lowest BCUT2D eigenvalue weighted by molar-refractivity contribution is -0.161. The van der Waals surface area contributed by atoms with E-state index in [0.29, 0.717) is 24.9 Å². The second-order valence-electron chi connectivity index (χ2n) is 4.61. The van der Waals surface area contributed by atoms with E-state index in [1.165, 1.54) is 0 Å². The molecule has 1 aliphatic carbocycles. The number of rotatable bonds is 4. The standard InChI is InChI=1S/C12H22O3/c1-4-15-11(14)12(7-8-13)9(2)5-6-10(12)3/h9-10,13H,4-8H2,1-3H3. The maximum Gasteiger partial charge on any atom is 0.312 e. The van der Waals surface area contributed by atoms with Crippen LogP contribution in [0.3, 0.4) is 0 Å². The van der Waals surface area contributed by atoms with Crippen LogP contribution in [-0.2, 0) is 9.53 Å². The molecule has 0 aromatic rings. The van der Waals surface area contributed by atoms with Crippen LogP contribution in [0.1, 0.15) is 40.0 Å². The lowest BCUT2D eigenvalue weighted by atomic mass is 9.71. The van der Waals surface area contributed by atoms with E-state index in [1.54, 1.807) is 0 Å². The second-order valence-corrected chi connectivity index (χ2v) is 4.61. The first-order chi connectivity index (χ1) is 7.09. The van der Waals surface area contributed by atoms with Crippen LogP contribution in [0.2, 0.25) is 0 Å². The molecule has 0 bridgehead atoms. The molecule has 0 heterocycles. The van der Waals surface area contributed by atoms with Crippen LogP contribution >= 0.6 is 0 Å². The fourth-order valence-electron chi connectivity index (χ4n) is 2.95. The van der Waals surface area contributed by atoms with Crippen molar-refractivity contribution in [3.8, 4) is 0 Å². The van der Waals surface area contributed by atoms with Crippen LogP contribution in [0.5, 0.6) is 0 Å². The molecule has 0 aromatic carbocycles. The molecular weight excluding hydrogens is 192 g/mol. The molecule has 2 atom stereocenters. The Balaban J connectivity index is 2.90. The number of hydrogen-bond donors (Lipinski definition) is 1. The average Bonchev–Trinajstić information content (AvgIpc) is 2.47. The highest BCUT2D eigenvalue weighted by Gasteiger charge is 2.52. The Hall–Kier alpha value is -0.570. The second kappa shape index (κ2) is 4.97. The van der Waals surface area contributed by atoms with E-state index in [0.717, 1.165) is 12.8 Å². The highest BCUT2D eigenvalue weighted by molar-refractivity contribution is 5.78. The number of carbonyl (C=O) groups excluding carboxylic acids is 1. The van der Waals surface area contributed by atoms with Gasteiger partial charge < -0.3 is 9.84 Å². The smallest absolute Gasteiger partial charge is 0.312 e. The predicted molar refractivity (Wildman–Crippen MR) is 58.3 cm³/mol. The highest BCUT2D eigenvalue weighted by atomic mass is 16.5. The third-order valence-electron chi connectivity index (χ3n) is 3.97. The third-order valence-corrected chi connectivity index (χ3v) is 3.97. The van der Waals surface area contributed by atoms with E-state index in [9.17, 15) is 4.79 Å². The SMILES string of the molecule is CCOC(=O)C1(CCO)C(C)CCC1C. The van der Waals surface area contributed by atoms with Crippen molar-refractivity contribution in [3.05, 3.63) is 0 Å². The summed E-state index contributed by atoms with van der Waals surface area (Å²) in [6.07, 6.45) is 2.65. The number of esters is 1. The molecule has 0 aromatic heterocycles. The quantitative estimate of drug-likeness (QED) is 0.728. The minimum absolute atomic E-state index is 0.0630. The maximum atomic E-state index is 12.0. The van der Waals surface area contributed by atoms with E-state index in [4.69, 9.17) is 9.84 Å². The van der Waals surface area contributed by atoms with Crippen LogP contribution in [0.15, 0.2) is 0 Å². The number of carbonyl (C=O) groups is 1. The van der Waals surface area contributed by atoms with Gasteiger partial charge in [0, 0.05) is 6.61 Å². The van der Waals surface area contributed by atoms with E-state index < -0.39 is 5.41 Å². The van der Waals surface area contributed by atoms with Crippen molar-refractivity contribution >= 4 is 5.97 Å². The van der Waals surface area contributed by atoms with Crippen molar-refractivity contribution in [2.45, 2.75) is 40.0 Å². The molecule has 1 N–H and O–H groups in total. The fraction of sp³-hybridized carbons (Fsp3) is 0.917. The van der Waals surface area contributed by atoms with Crippen LogP contribution in [0, 0.1) is 17.3 Å². The van der Waals surface area contributed by atoms with Crippen molar-refractivity contribution in [2.75, 3.05) is 13.2 Å². The van der Waals surface area contributed by atoms with E-state index in [1.807, 2.05) is 6.92 Å². The van der Waals surface area contributed by atoms with Crippen LogP contribution in [-0.4, -0.2) is 24.3 Å². The summed E-state index contributed by atoms with van der Waals surface area (Å²) in [5.41, 5.74) is -0.440. The molecule has 2 unspecified atom stereocenters. The normalized spacial score (nSPS) is 35.5. The van der Waals surface area contributed by atoms with E-state index >= 15 is 0 Å². The number of aliphatic hydroxyl groups excluding tert-OH is 1. The summed E-state index contributed by atoms with van der Waals surface area (Å²) in [6.45, 7) is 6.50. The van der Waals surface area contributed by atoms with Gasteiger partial charge in [-0.15, -0.1) is 0 Å². The van der Waals surface area contributed by atoms with E-state index in [-0.39, 0.29) is 12.6 Å². The monoisotopic (exact) mass is 214 g/mol. The van der Waals surface area contributed by atoms with Crippen molar-refractivity contribution in [1.82, 2.24) is 0 Å². The molecule has 1 fully saturated rings. The topological polar surface area (TPSA) is 46.5 Å². The van der Waals surface area contributed by atoms with Crippen molar-refractivity contribution in [1.29, 1.82) is 0 Å². The highest BCUT2D eigenvalue weighted by Crippen LogP contribution is 2.50. The molecule has 0 spiro atoms. The third kappa shape index (κ3) is 2.03. The lowest BCUT2D eigenvalue weighted by Gasteiger charge is -2.34. The molecule has 0 amide bonds. The number of ether oxygens (including phenoxy) is 1. The first-order valence-electron chi connectivity index (χ1n) is 5.87. The molecular formula is C12H22O3. The van der Waals surface area contributed by atoms with Gasteiger partial charge in [0.2, 0.25) is 0 Å². The van der Waals surface area contributed by atoms with Gasteiger partial charge in [0.1, 0.15) is 0 Å². The number of aliphatic hydroxyl groups is 1. The van der Waals surface area contributed by atoms with Gasteiger partial charge in [-0.2, -0.15) is 0 Å². The van der Waals surface area contributed by atoms with Crippen LogP contribution in [0.25, 0.3) is 0 Å². The lowest BCUT2D eigenvalue weighted by Crippen LogP contribution is -2.40. The first kappa shape index (κ1) is 12.5. The van der Waals surface area contributed by atoms with Gasteiger partial charge >= 0.3 is 5.97 Å². The molecule has 1 saturated carbocycles. The van der Waals surface area contributed by atoms with Crippen LogP contribution < -0.4 is 0 Å². The zero-order valence-electron chi connectivity index (χ0n) is 9.95. The van der Waals surface area contributed by atoms with Gasteiger partial charge in [-0.05, 0) is 38.0 Å². The summed E-state index contributed by atoms with van der Waals surface area (Å²) in [7, 11) is 0. The largest absolute Gasteiger partial charge is 0.466 e. The van der Waals surface area contributed by atoms with Crippen molar-refractivity contribution < 1.29 is 14.6 Å². The molecule has 88 valence electrons. The van der Waals surface area contributed by atoms with Crippen molar-refractivity contribution in [3.63, 3.8) is 0 Å². The molecule has 0 radical (unpaired) electrons. The van der Waals surface area contributed by atoms with Gasteiger partial charge in [-0.1, -0.05) is 13.8 Å². The minimum atomic E-state index is -0.440. The zero-order valence-corrected chi connectivity index (χ0v) is 9.95. The first-order valence-corrected chi connectivity index (χ1v) is 5.87. The van der Waals surface area contributed by atoms with E-state index in [2.05, 4.69) is 13.8 Å². The Morgan fingerprint density at radius 2 is 1.93 bits per heavy atom. The summed E-state index contributed by atoms with van der Waals surface area (Å²) in [5.74, 6) is 0.522. The number of hydrogen-bond acceptors (Lipinski definition) is 3. The minimum Gasteiger partial charge on any atom is -0.466 e. The Labute approximate surface area is 91.8 Å². The van der Waals surface area contributed by atoms with Crippen molar-refractivity contribution in [2.24, 2.45) is 17.3 Å². The molecule has 1 aliphatic rings. The van der Waals surface area contributed by atoms with Gasteiger partial charge in [0.25, 0.3) is 0 Å². The maximum absolute atomic E-state index is 12.0. The molecule has 3 nitrogen and oxygen atoms in total. The summed E-state index contributed by atoms with van der Waals surface area (Å²) in [5, 5.41) is 9.14. The van der Waals surface area contributed by atoms with Gasteiger partial charge in [-0.25, -0.2) is 0 Å². The molecule has 1 rings (SSSR count). The summed E-state index contributed by atoms with van der Waals surface area (Å²) in [4.78, 5) is 12.0. The Morgan fingerprint density at radius 3 is 2.33 bits per heavy atom. The summed E-state index contributed by atoms with van der Waals surface area (Å²) >= 11 is 0. The average molecular weight is 214 g/mol. The molecule has 15 heavy (non-hydrogen) atoms. The Bertz CT molecular complexity index is 215. The predicted octanol–water partition coefficient (Wildman–Crippen LogP) is 1.98. The van der Waals surface area contributed by atoms with Gasteiger partial charge in [0.15, 0.2) is 0 Å².